The Morgan fingerprint density at radius 3 is 2.74 bits per heavy atom. The van der Waals surface area contributed by atoms with Crippen LogP contribution < -0.4 is 15.4 Å². The Kier molecular flexibility index (Phi) is 5.76. The Balaban J connectivity index is 1.74. The van der Waals surface area contributed by atoms with Crippen molar-refractivity contribution in [3.8, 4) is 0 Å². The van der Waals surface area contributed by atoms with Gasteiger partial charge in [0.25, 0.3) is 15.9 Å². The lowest BCUT2D eigenvalue weighted by molar-refractivity contribution is 0.0930. The van der Waals surface area contributed by atoms with Crippen molar-refractivity contribution in [1.29, 1.82) is 0 Å². The molecule has 1 amide bonds. The summed E-state index contributed by atoms with van der Waals surface area (Å²) in [6.45, 7) is 3.23. The summed E-state index contributed by atoms with van der Waals surface area (Å²) in [5.41, 5.74) is 0.964. The van der Waals surface area contributed by atoms with Crippen LogP contribution >= 0.6 is 0 Å². The van der Waals surface area contributed by atoms with Crippen LogP contribution in [0.4, 0.5) is 10.1 Å². The van der Waals surface area contributed by atoms with Gasteiger partial charge in [-0.15, -0.1) is 0 Å². The van der Waals surface area contributed by atoms with E-state index in [4.69, 9.17) is 0 Å². The first kappa shape index (κ1) is 19.3. The first-order valence-corrected chi connectivity index (χ1v) is 10.2. The van der Waals surface area contributed by atoms with Crippen LogP contribution in [0.15, 0.2) is 47.4 Å². The van der Waals surface area contributed by atoms with Crippen LogP contribution in [0.1, 0.15) is 28.8 Å². The second kappa shape index (κ2) is 8.06. The van der Waals surface area contributed by atoms with Crippen molar-refractivity contribution in [2.45, 2.75) is 30.7 Å². The fourth-order valence-corrected chi connectivity index (χ4v) is 3.98. The van der Waals surface area contributed by atoms with Gasteiger partial charge in [-0.05, 0) is 62.2 Å². The normalized spacial score (nSPS) is 17.3. The van der Waals surface area contributed by atoms with Crippen LogP contribution in [0.25, 0.3) is 0 Å². The van der Waals surface area contributed by atoms with Crippen molar-refractivity contribution in [1.82, 2.24) is 10.6 Å². The first-order valence-electron chi connectivity index (χ1n) is 8.76. The lowest BCUT2D eigenvalue weighted by Gasteiger charge is -2.23. The Hall–Kier alpha value is -2.45. The number of aryl methyl sites for hydroxylation is 1. The highest BCUT2D eigenvalue weighted by molar-refractivity contribution is 7.92. The van der Waals surface area contributed by atoms with Crippen LogP contribution in [0, 0.1) is 12.7 Å². The lowest BCUT2D eigenvalue weighted by atomic mass is 10.1. The van der Waals surface area contributed by atoms with Crippen LogP contribution in [0.5, 0.6) is 0 Å². The maximum Gasteiger partial charge on any atom is 0.261 e. The summed E-state index contributed by atoms with van der Waals surface area (Å²) < 4.78 is 41.0. The van der Waals surface area contributed by atoms with Crippen molar-refractivity contribution in [3.63, 3.8) is 0 Å². The molecular weight excluding hydrogens is 369 g/mol. The van der Waals surface area contributed by atoms with Gasteiger partial charge >= 0.3 is 0 Å². The summed E-state index contributed by atoms with van der Waals surface area (Å²) in [5.74, 6) is -0.849. The van der Waals surface area contributed by atoms with Crippen molar-refractivity contribution >= 4 is 21.6 Å². The smallest absolute Gasteiger partial charge is 0.261 e. The highest BCUT2D eigenvalue weighted by Crippen LogP contribution is 2.19. The van der Waals surface area contributed by atoms with Crippen molar-refractivity contribution in [3.05, 3.63) is 59.4 Å². The van der Waals surface area contributed by atoms with E-state index >= 15 is 0 Å². The minimum atomic E-state index is -3.95. The third kappa shape index (κ3) is 4.84. The quantitative estimate of drug-likeness (QED) is 0.731. The Labute approximate surface area is 158 Å². The molecule has 1 atom stereocenters. The predicted octanol–water partition coefficient (Wildman–Crippen LogP) is 2.42. The number of anilines is 1. The maximum absolute atomic E-state index is 13.7. The number of piperidine rings is 1. The average molecular weight is 391 g/mol. The van der Waals surface area contributed by atoms with Crippen LogP contribution in [-0.4, -0.2) is 33.5 Å². The number of rotatable bonds is 5. The highest BCUT2D eigenvalue weighted by atomic mass is 32.2. The van der Waals surface area contributed by atoms with E-state index in [1.807, 2.05) is 0 Å². The fraction of sp³-hybridized carbons (Fsp3) is 0.316. The molecule has 2 aromatic carbocycles. The molecule has 0 bridgehead atoms. The molecule has 3 N–H and O–H groups in total. The topological polar surface area (TPSA) is 87.3 Å². The summed E-state index contributed by atoms with van der Waals surface area (Å²) in [7, 11) is -3.95. The van der Waals surface area contributed by atoms with Gasteiger partial charge in [0.15, 0.2) is 0 Å². The highest BCUT2D eigenvalue weighted by Gasteiger charge is 2.19. The molecule has 8 heteroatoms. The van der Waals surface area contributed by atoms with Gasteiger partial charge in [-0.25, -0.2) is 12.8 Å². The lowest BCUT2D eigenvalue weighted by Crippen LogP contribution is -2.45. The molecule has 2 aromatic rings. The monoisotopic (exact) mass is 391 g/mol. The van der Waals surface area contributed by atoms with Gasteiger partial charge in [-0.3, -0.25) is 9.52 Å². The first-order chi connectivity index (χ1) is 12.8. The molecular formula is C19H22FN3O3S. The minimum Gasteiger partial charge on any atom is -0.348 e. The van der Waals surface area contributed by atoms with E-state index in [1.165, 1.54) is 18.2 Å². The van der Waals surface area contributed by atoms with E-state index in [9.17, 15) is 17.6 Å². The SMILES string of the molecule is Cc1ccc(S(=O)(=O)Nc2cccc(C(=O)NC3CCCNC3)c2)cc1F. The fourth-order valence-electron chi connectivity index (χ4n) is 2.92. The van der Waals surface area contributed by atoms with Crippen molar-refractivity contribution in [2.75, 3.05) is 17.8 Å². The zero-order valence-electron chi connectivity index (χ0n) is 15.0. The van der Waals surface area contributed by atoms with Gasteiger partial charge in [0.2, 0.25) is 0 Å². The number of benzene rings is 2. The summed E-state index contributed by atoms with van der Waals surface area (Å²) in [6.07, 6.45) is 1.90. The number of sulfonamides is 1. The van der Waals surface area contributed by atoms with E-state index in [-0.39, 0.29) is 22.5 Å². The number of carbonyl (C=O) groups excluding carboxylic acids is 1. The Bertz CT molecular complexity index is 941. The molecule has 1 heterocycles. The molecule has 0 spiro atoms. The number of halogens is 1. The molecule has 1 unspecified atom stereocenters. The summed E-state index contributed by atoms with van der Waals surface area (Å²) in [4.78, 5) is 12.2. The molecule has 0 saturated carbocycles. The second-order valence-electron chi connectivity index (χ2n) is 6.61. The van der Waals surface area contributed by atoms with Crippen LogP contribution in [0.2, 0.25) is 0 Å². The van der Waals surface area contributed by atoms with Gasteiger partial charge in [-0.2, -0.15) is 0 Å². The van der Waals surface area contributed by atoms with Gasteiger partial charge in [0, 0.05) is 23.8 Å². The van der Waals surface area contributed by atoms with Crippen LogP contribution in [-0.2, 0) is 10.0 Å². The van der Waals surface area contributed by atoms with E-state index in [0.29, 0.717) is 11.1 Å². The molecule has 0 radical (unpaired) electrons. The minimum absolute atomic E-state index is 0.0575. The van der Waals surface area contributed by atoms with E-state index in [2.05, 4.69) is 15.4 Å². The van der Waals surface area contributed by atoms with E-state index in [0.717, 1.165) is 32.0 Å². The number of amides is 1. The molecule has 27 heavy (non-hydrogen) atoms. The molecule has 0 aromatic heterocycles. The predicted molar refractivity (Wildman–Crippen MR) is 102 cm³/mol. The molecule has 0 aliphatic carbocycles. The summed E-state index contributed by atoms with van der Waals surface area (Å²) >= 11 is 0. The molecule has 1 fully saturated rings. The number of hydrogen-bond donors (Lipinski definition) is 3. The third-order valence-corrected chi connectivity index (χ3v) is 5.84. The van der Waals surface area contributed by atoms with E-state index < -0.39 is 15.8 Å². The zero-order chi connectivity index (χ0) is 19.4. The molecule has 1 aliphatic heterocycles. The number of nitrogens with one attached hydrogen (secondary N) is 3. The van der Waals surface area contributed by atoms with Crippen molar-refractivity contribution in [2.24, 2.45) is 0 Å². The number of carbonyl (C=O) groups is 1. The standard InChI is InChI=1S/C19H22FN3O3S/c1-13-7-8-17(11-18(13)20)27(25,26)23-15-5-2-4-14(10-15)19(24)22-16-6-3-9-21-12-16/h2,4-5,7-8,10-11,16,21,23H,3,6,9,12H2,1H3,(H,22,24). The zero-order valence-corrected chi connectivity index (χ0v) is 15.8. The second-order valence-corrected chi connectivity index (χ2v) is 8.30. The largest absolute Gasteiger partial charge is 0.348 e. The average Bonchev–Trinajstić information content (AvgIpc) is 2.64. The molecule has 1 saturated heterocycles. The summed E-state index contributed by atoms with van der Waals surface area (Å²) in [6, 6.07) is 10.0. The Morgan fingerprint density at radius 2 is 2.04 bits per heavy atom. The van der Waals surface area contributed by atoms with Gasteiger partial charge in [0.05, 0.1) is 4.90 Å². The van der Waals surface area contributed by atoms with E-state index in [1.54, 1.807) is 25.1 Å². The Morgan fingerprint density at radius 1 is 1.22 bits per heavy atom. The third-order valence-electron chi connectivity index (χ3n) is 4.46. The van der Waals surface area contributed by atoms with Gasteiger partial charge < -0.3 is 10.6 Å². The molecule has 6 nitrogen and oxygen atoms in total. The van der Waals surface area contributed by atoms with Gasteiger partial charge in [-0.1, -0.05) is 12.1 Å². The van der Waals surface area contributed by atoms with Gasteiger partial charge in [0.1, 0.15) is 5.82 Å². The van der Waals surface area contributed by atoms with Crippen molar-refractivity contribution < 1.29 is 17.6 Å². The number of hydrogen-bond acceptors (Lipinski definition) is 4. The molecule has 3 rings (SSSR count). The molecule has 1 aliphatic rings. The molecule has 144 valence electrons. The maximum atomic E-state index is 13.7. The summed E-state index contributed by atoms with van der Waals surface area (Å²) in [5, 5.41) is 6.17. The van der Waals surface area contributed by atoms with Crippen LogP contribution in [0.3, 0.4) is 0 Å².